The van der Waals surface area contributed by atoms with Crippen molar-refractivity contribution in [2.75, 3.05) is 0 Å². The van der Waals surface area contributed by atoms with Gasteiger partial charge in [0.1, 0.15) is 11.0 Å². The van der Waals surface area contributed by atoms with Crippen molar-refractivity contribution in [1.29, 1.82) is 0 Å². The molecule has 0 fully saturated rings. The number of nitrogens with zero attached hydrogens (tertiary/aromatic N) is 3. The molecule has 0 aliphatic carbocycles. The van der Waals surface area contributed by atoms with Gasteiger partial charge in [-0.1, -0.05) is 23.7 Å². The molecule has 7 heteroatoms. The minimum Gasteiger partial charge on any atom is -0.179 e. The van der Waals surface area contributed by atoms with Gasteiger partial charge in [0, 0.05) is 5.02 Å². The summed E-state index contributed by atoms with van der Waals surface area (Å²) in [7, 11) is 0. The van der Waals surface area contributed by atoms with E-state index in [0.29, 0.717) is 17.1 Å². The van der Waals surface area contributed by atoms with E-state index in [9.17, 15) is 13.2 Å². The third kappa shape index (κ3) is 3.00. The van der Waals surface area contributed by atoms with E-state index in [1.807, 2.05) is 12.1 Å². The second-order valence-electron chi connectivity index (χ2n) is 4.56. The summed E-state index contributed by atoms with van der Waals surface area (Å²) in [4.78, 5) is 1.37. The molecule has 0 bridgehead atoms. The Morgan fingerprint density at radius 3 is 2.29 bits per heavy atom. The molecule has 0 amide bonds. The summed E-state index contributed by atoms with van der Waals surface area (Å²) in [5.74, 6) is 0. The van der Waals surface area contributed by atoms with Crippen molar-refractivity contribution < 1.29 is 13.2 Å². The number of hydrogen-bond acceptors (Lipinski definition) is 2. The predicted molar refractivity (Wildman–Crippen MR) is 73.1 cm³/mol. The molecule has 3 aromatic rings. The van der Waals surface area contributed by atoms with Gasteiger partial charge in [-0.05, 0) is 35.9 Å². The van der Waals surface area contributed by atoms with E-state index in [1.54, 1.807) is 12.1 Å². The molecule has 0 spiro atoms. The van der Waals surface area contributed by atoms with Crippen molar-refractivity contribution in [3.8, 4) is 0 Å². The van der Waals surface area contributed by atoms with Crippen molar-refractivity contribution in [2.45, 2.75) is 12.7 Å². The van der Waals surface area contributed by atoms with Crippen LogP contribution in [0.1, 0.15) is 11.1 Å². The van der Waals surface area contributed by atoms with Crippen LogP contribution in [0, 0.1) is 0 Å². The predicted octanol–water partition coefficient (Wildman–Crippen LogP) is 4.15. The van der Waals surface area contributed by atoms with Gasteiger partial charge < -0.3 is 0 Å². The fraction of sp³-hybridized carbons (Fsp3) is 0.143. The Hall–Kier alpha value is -2.08. The standard InChI is InChI=1S/C14H9ClF3N3/c15-11-4-1-9(2-5-11)8-21-19-12-6-3-10(14(16,17)18)7-13(12)20-21/h1-7H,8H2. The van der Waals surface area contributed by atoms with Crippen molar-refractivity contribution in [1.82, 2.24) is 15.0 Å². The van der Waals surface area contributed by atoms with E-state index in [4.69, 9.17) is 11.6 Å². The molecule has 0 saturated carbocycles. The average molecular weight is 312 g/mol. The number of aromatic nitrogens is 3. The van der Waals surface area contributed by atoms with Crippen LogP contribution in [0.2, 0.25) is 5.02 Å². The number of hydrogen-bond donors (Lipinski definition) is 0. The van der Waals surface area contributed by atoms with Gasteiger partial charge in [0.25, 0.3) is 0 Å². The van der Waals surface area contributed by atoms with E-state index in [2.05, 4.69) is 10.2 Å². The maximum absolute atomic E-state index is 12.6. The fourth-order valence-corrected chi connectivity index (χ4v) is 2.09. The maximum Gasteiger partial charge on any atom is 0.416 e. The summed E-state index contributed by atoms with van der Waals surface area (Å²) in [6, 6.07) is 10.4. The van der Waals surface area contributed by atoms with Crippen LogP contribution in [0.5, 0.6) is 0 Å². The fourth-order valence-electron chi connectivity index (χ4n) is 1.96. The van der Waals surface area contributed by atoms with E-state index >= 15 is 0 Å². The number of alkyl halides is 3. The Bertz CT molecular complexity index is 778. The highest BCUT2D eigenvalue weighted by Crippen LogP contribution is 2.30. The lowest BCUT2D eigenvalue weighted by Gasteiger charge is -2.04. The first kappa shape index (κ1) is 13.9. The van der Waals surface area contributed by atoms with Crippen LogP contribution >= 0.6 is 11.6 Å². The Kier molecular flexibility index (Phi) is 3.33. The summed E-state index contributed by atoms with van der Waals surface area (Å²) in [6.07, 6.45) is -4.38. The second kappa shape index (κ2) is 5.04. The normalized spacial score (nSPS) is 12.0. The van der Waals surface area contributed by atoms with Gasteiger partial charge in [-0.3, -0.25) is 0 Å². The summed E-state index contributed by atoms with van der Waals surface area (Å²) >= 11 is 5.79. The molecular weight excluding hydrogens is 303 g/mol. The van der Waals surface area contributed by atoms with Gasteiger partial charge in [-0.25, -0.2) is 0 Å². The molecule has 0 N–H and O–H groups in total. The molecule has 0 aliphatic rings. The Balaban J connectivity index is 1.92. The van der Waals surface area contributed by atoms with Crippen LogP contribution in [0.25, 0.3) is 11.0 Å². The zero-order valence-corrected chi connectivity index (χ0v) is 11.4. The second-order valence-corrected chi connectivity index (χ2v) is 4.99. The molecule has 1 heterocycles. The van der Waals surface area contributed by atoms with Crippen LogP contribution in [0.4, 0.5) is 13.2 Å². The number of fused-ring (bicyclic) bond motifs is 1. The topological polar surface area (TPSA) is 30.7 Å². The molecule has 3 nitrogen and oxygen atoms in total. The molecular formula is C14H9ClF3N3. The Morgan fingerprint density at radius 1 is 0.952 bits per heavy atom. The summed E-state index contributed by atoms with van der Waals surface area (Å²) in [5, 5.41) is 8.85. The first-order valence-electron chi connectivity index (χ1n) is 6.08. The van der Waals surface area contributed by atoms with Crippen LogP contribution in [0.15, 0.2) is 42.5 Å². The quantitative estimate of drug-likeness (QED) is 0.711. The number of benzene rings is 2. The number of rotatable bonds is 2. The zero-order valence-electron chi connectivity index (χ0n) is 10.6. The highest BCUT2D eigenvalue weighted by molar-refractivity contribution is 6.30. The minimum absolute atomic E-state index is 0.221. The van der Waals surface area contributed by atoms with Crippen LogP contribution in [-0.4, -0.2) is 15.0 Å². The van der Waals surface area contributed by atoms with Crippen molar-refractivity contribution in [3.63, 3.8) is 0 Å². The summed E-state index contributed by atoms with van der Waals surface area (Å²) in [6.45, 7) is 0.368. The SMILES string of the molecule is FC(F)(F)c1ccc2nn(Cc3ccc(Cl)cc3)nc2c1. The van der Waals surface area contributed by atoms with Crippen molar-refractivity contribution in [2.24, 2.45) is 0 Å². The highest BCUT2D eigenvalue weighted by atomic mass is 35.5. The molecule has 1 aromatic heterocycles. The third-order valence-electron chi connectivity index (χ3n) is 2.99. The van der Waals surface area contributed by atoms with Crippen molar-refractivity contribution in [3.05, 3.63) is 58.6 Å². The monoisotopic (exact) mass is 311 g/mol. The summed E-state index contributed by atoms with van der Waals surface area (Å²) < 4.78 is 37.9. The maximum atomic E-state index is 12.6. The van der Waals surface area contributed by atoms with E-state index in [-0.39, 0.29) is 5.52 Å². The molecule has 0 saturated heterocycles. The van der Waals surface area contributed by atoms with Crippen molar-refractivity contribution >= 4 is 22.6 Å². The third-order valence-corrected chi connectivity index (χ3v) is 3.24. The largest absolute Gasteiger partial charge is 0.416 e. The van der Waals surface area contributed by atoms with Gasteiger partial charge in [0.2, 0.25) is 0 Å². The first-order chi connectivity index (χ1) is 9.91. The Morgan fingerprint density at radius 2 is 1.62 bits per heavy atom. The van der Waals surface area contributed by atoms with Gasteiger partial charge in [-0.2, -0.15) is 28.2 Å². The lowest BCUT2D eigenvalue weighted by molar-refractivity contribution is -0.137. The molecule has 0 radical (unpaired) electrons. The van der Waals surface area contributed by atoms with Crippen LogP contribution < -0.4 is 0 Å². The zero-order chi connectivity index (χ0) is 15.0. The van der Waals surface area contributed by atoms with Gasteiger partial charge in [0.15, 0.2) is 0 Å². The molecule has 21 heavy (non-hydrogen) atoms. The van der Waals surface area contributed by atoms with E-state index in [1.165, 1.54) is 10.9 Å². The lowest BCUT2D eigenvalue weighted by Crippen LogP contribution is -2.04. The molecule has 3 rings (SSSR count). The Labute approximate surface area is 122 Å². The summed E-state index contributed by atoms with van der Waals surface area (Å²) in [5.41, 5.74) is 0.833. The number of halogens is 4. The molecule has 0 unspecified atom stereocenters. The smallest absolute Gasteiger partial charge is 0.179 e. The average Bonchev–Trinajstić information content (AvgIpc) is 2.81. The molecule has 0 aliphatic heterocycles. The van der Waals surface area contributed by atoms with Gasteiger partial charge in [0.05, 0.1) is 12.1 Å². The van der Waals surface area contributed by atoms with Gasteiger partial charge >= 0.3 is 6.18 Å². The molecule has 0 atom stereocenters. The molecule has 2 aromatic carbocycles. The molecule has 108 valence electrons. The minimum atomic E-state index is -4.38. The van der Waals surface area contributed by atoms with Crippen LogP contribution in [0.3, 0.4) is 0 Å². The van der Waals surface area contributed by atoms with Crippen LogP contribution in [-0.2, 0) is 12.7 Å². The highest BCUT2D eigenvalue weighted by Gasteiger charge is 2.30. The van der Waals surface area contributed by atoms with E-state index < -0.39 is 11.7 Å². The lowest BCUT2D eigenvalue weighted by atomic mass is 10.2. The van der Waals surface area contributed by atoms with Gasteiger partial charge in [-0.15, -0.1) is 0 Å². The van der Waals surface area contributed by atoms with E-state index in [0.717, 1.165) is 17.7 Å². The first-order valence-corrected chi connectivity index (χ1v) is 6.46.